The van der Waals surface area contributed by atoms with Crippen molar-refractivity contribution in [2.24, 2.45) is 5.73 Å². The molecule has 0 aliphatic carbocycles. The third kappa shape index (κ3) is 3.97. The number of nitrogens with one attached hydrogen (secondary N) is 1. The lowest BCUT2D eigenvalue weighted by Gasteiger charge is -2.11. The van der Waals surface area contributed by atoms with E-state index in [9.17, 15) is 4.79 Å². The number of rotatable bonds is 4. The maximum atomic E-state index is 11.4. The fraction of sp³-hybridized carbons (Fsp3) is 0.400. The number of aryl methyl sites for hydroxylation is 1. The molecule has 1 aromatic rings. The van der Waals surface area contributed by atoms with Crippen LogP contribution in [0.4, 0.5) is 0 Å². The lowest BCUT2D eigenvalue weighted by atomic mass is 10.2. The third-order valence-corrected chi connectivity index (χ3v) is 3.23. The van der Waals surface area contributed by atoms with Gasteiger partial charge >= 0.3 is 0 Å². The van der Waals surface area contributed by atoms with Crippen LogP contribution in [0.1, 0.15) is 29.1 Å². The Morgan fingerprint density at radius 3 is 2.80 bits per heavy atom. The first-order valence-corrected chi connectivity index (χ1v) is 5.85. The van der Waals surface area contributed by atoms with E-state index in [0.29, 0.717) is 0 Å². The number of carbonyl (C=O) groups excluding carboxylic acids is 1. The maximum absolute atomic E-state index is 11.4. The van der Waals surface area contributed by atoms with E-state index < -0.39 is 0 Å². The van der Waals surface area contributed by atoms with Crippen molar-refractivity contribution in [1.82, 2.24) is 5.32 Å². The molecule has 1 aromatic heterocycles. The van der Waals surface area contributed by atoms with E-state index in [0.717, 1.165) is 4.88 Å². The minimum Gasteiger partial charge on any atom is -0.393 e. The Labute approximate surface area is 98.7 Å². The van der Waals surface area contributed by atoms with Gasteiger partial charge < -0.3 is 11.1 Å². The first-order valence-electron chi connectivity index (χ1n) is 4.63. The Bertz CT molecular complexity index is 373. The molecule has 3 nitrogen and oxygen atoms in total. The minimum atomic E-state index is -0.124. The van der Waals surface area contributed by atoms with Gasteiger partial charge in [-0.2, -0.15) is 0 Å². The van der Waals surface area contributed by atoms with E-state index >= 15 is 0 Å². The highest BCUT2D eigenvalue weighted by atomic mass is 32.1. The second kappa shape index (κ2) is 5.23. The van der Waals surface area contributed by atoms with Crippen LogP contribution in [-0.2, 0) is 4.79 Å². The zero-order valence-corrected chi connectivity index (χ0v) is 10.4. The maximum Gasteiger partial charge on any atom is 0.227 e. The Balaban J connectivity index is 2.52. The number of nitrogens with two attached hydrogens (primary N) is 1. The Morgan fingerprint density at radius 2 is 2.33 bits per heavy atom. The second-order valence-corrected chi connectivity index (χ2v) is 5.22. The van der Waals surface area contributed by atoms with Crippen molar-refractivity contribution in [3.05, 3.63) is 21.9 Å². The van der Waals surface area contributed by atoms with E-state index in [-0.39, 0.29) is 23.4 Å². The summed E-state index contributed by atoms with van der Waals surface area (Å²) in [5.41, 5.74) is 5.29. The SMILES string of the molecule is Cc1ccc(C(C)NC(=O)CC(N)=S)s1. The second-order valence-electron chi connectivity index (χ2n) is 3.38. The van der Waals surface area contributed by atoms with Gasteiger partial charge in [0, 0.05) is 9.75 Å². The van der Waals surface area contributed by atoms with Crippen LogP contribution < -0.4 is 11.1 Å². The highest BCUT2D eigenvalue weighted by Gasteiger charge is 2.11. The number of amides is 1. The molecule has 0 saturated carbocycles. The lowest BCUT2D eigenvalue weighted by molar-refractivity contribution is -0.120. The predicted octanol–water partition coefficient (Wildman–Crippen LogP) is 1.91. The van der Waals surface area contributed by atoms with Gasteiger partial charge in [0.25, 0.3) is 0 Å². The molecular weight excluding hydrogens is 228 g/mol. The minimum absolute atomic E-state index is 0.0190. The number of thiocarbonyl (C=S) groups is 1. The molecule has 1 heterocycles. The molecule has 3 N–H and O–H groups in total. The summed E-state index contributed by atoms with van der Waals surface area (Å²) in [5.74, 6) is -0.124. The third-order valence-electron chi connectivity index (χ3n) is 1.90. The average molecular weight is 242 g/mol. The summed E-state index contributed by atoms with van der Waals surface area (Å²) in [5, 5.41) is 2.84. The number of hydrogen-bond acceptors (Lipinski definition) is 3. The van der Waals surface area contributed by atoms with Gasteiger partial charge in [0.1, 0.15) is 0 Å². The quantitative estimate of drug-likeness (QED) is 0.793. The molecule has 1 atom stereocenters. The first-order chi connectivity index (χ1) is 6.99. The summed E-state index contributed by atoms with van der Waals surface area (Å²) in [4.78, 5) is 14.0. The van der Waals surface area contributed by atoms with Crippen LogP contribution in [0.15, 0.2) is 12.1 Å². The van der Waals surface area contributed by atoms with Gasteiger partial charge in [-0.05, 0) is 26.0 Å². The number of carbonyl (C=O) groups is 1. The van der Waals surface area contributed by atoms with Gasteiger partial charge in [-0.25, -0.2) is 0 Å². The molecule has 1 unspecified atom stereocenters. The summed E-state index contributed by atoms with van der Waals surface area (Å²) >= 11 is 6.34. The molecule has 0 saturated heterocycles. The van der Waals surface area contributed by atoms with Crippen LogP contribution in [0.3, 0.4) is 0 Å². The normalized spacial score (nSPS) is 12.1. The molecule has 5 heteroatoms. The van der Waals surface area contributed by atoms with Gasteiger partial charge in [0.15, 0.2) is 0 Å². The van der Waals surface area contributed by atoms with Crippen LogP contribution in [-0.4, -0.2) is 10.9 Å². The molecule has 82 valence electrons. The summed E-state index contributed by atoms with van der Waals surface area (Å²) in [7, 11) is 0. The Kier molecular flexibility index (Phi) is 4.23. The summed E-state index contributed by atoms with van der Waals surface area (Å²) < 4.78 is 0. The van der Waals surface area contributed by atoms with E-state index in [1.165, 1.54) is 4.88 Å². The molecule has 0 aliphatic heterocycles. The summed E-state index contributed by atoms with van der Waals surface area (Å²) in [6, 6.07) is 4.08. The van der Waals surface area contributed by atoms with Crippen molar-refractivity contribution < 1.29 is 4.79 Å². The molecular formula is C10H14N2OS2. The molecule has 1 rings (SSSR count). The first kappa shape index (κ1) is 12.1. The number of hydrogen-bond donors (Lipinski definition) is 2. The number of thiophene rings is 1. The van der Waals surface area contributed by atoms with Crippen LogP contribution in [0.2, 0.25) is 0 Å². The van der Waals surface area contributed by atoms with Gasteiger partial charge in [0.2, 0.25) is 5.91 Å². The summed E-state index contributed by atoms with van der Waals surface area (Å²) in [6.45, 7) is 3.99. The van der Waals surface area contributed by atoms with Gasteiger partial charge in [-0.1, -0.05) is 12.2 Å². The van der Waals surface area contributed by atoms with Crippen LogP contribution in [0, 0.1) is 6.92 Å². The van der Waals surface area contributed by atoms with Crippen molar-refractivity contribution in [3.63, 3.8) is 0 Å². The Hall–Kier alpha value is -0.940. The fourth-order valence-corrected chi connectivity index (χ4v) is 2.22. The van der Waals surface area contributed by atoms with Gasteiger partial charge in [0.05, 0.1) is 17.5 Å². The van der Waals surface area contributed by atoms with Crippen molar-refractivity contribution >= 4 is 34.5 Å². The fourth-order valence-electron chi connectivity index (χ4n) is 1.21. The molecule has 1 amide bonds. The largest absolute Gasteiger partial charge is 0.393 e. The average Bonchev–Trinajstić information content (AvgIpc) is 2.49. The van der Waals surface area contributed by atoms with E-state index in [2.05, 4.69) is 17.5 Å². The monoisotopic (exact) mass is 242 g/mol. The van der Waals surface area contributed by atoms with Crippen molar-refractivity contribution in [2.45, 2.75) is 26.3 Å². The topological polar surface area (TPSA) is 55.1 Å². The smallest absolute Gasteiger partial charge is 0.227 e. The molecule has 0 bridgehead atoms. The van der Waals surface area contributed by atoms with Gasteiger partial charge in [-0.3, -0.25) is 4.79 Å². The zero-order valence-electron chi connectivity index (χ0n) is 8.74. The van der Waals surface area contributed by atoms with E-state index in [1.54, 1.807) is 11.3 Å². The van der Waals surface area contributed by atoms with Crippen molar-refractivity contribution in [1.29, 1.82) is 0 Å². The predicted molar refractivity (Wildman–Crippen MR) is 67.0 cm³/mol. The molecule has 0 fully saturated rings. The zero-order chi connectivity index (χ0) is 11.4. The van der Waals surface area contributed by atoms with Crippen molar-refractivity contribution in [2.75, 3.05) is 0 Å². The highest BCUT2D eigenvalue weighted by molar-refractivity contribution is 7.80. The molecule has 0 radical (unpaired) electrons. The van der Waals surface area contributed by atoms with E-state index in [1.807, 2.05) is 26.0 Å². The molecule has 0 aromatic carbocycles. The highest BCUT2D eigenvalue weighted by Crippen LogP contribution is 2.22. The van der Waals surface area contributed by atoms with E-state index in [4.69, 9.17) is 5.73 Å². The standard InChI is InChI=1S/C10H14N2OS2/c1-6-3-4-8(15-6)7(2)12-10(13)5-9(11)14/h3-4,7H,5H2,1-2H3,(H2,11,14)(H,12,13). The molecule has 15 heavy (non-hydrogen) atoms. The lowest BCUT2D eigenvalue weighted by Crippen LogP contribution is -2.29. The van der Waals surface area contributed by atoms with Gasteiger partial charge in [-0.15, -0.1) is 11.3 Å². The molecule has 0 spiro atoms. The molecule has 0 aliphatic rings. The Morgan fingerprint density at radius 1 is 1.67 bits per heavy atom. The van der Waals surface area contributed by atoms with Crippen molar-refractivity contribution in [3.8, 4) is 0 Å². The van der Waals surface area contributed by atoms with Crippen LogP contribution in [0.5, 0.6) is 0 Å². The van der Waals surface area contributed by atoms with Crippen LogP contribution in [0.25, 0.3) is 0 Å². The summed E-state index contributed by atoms with van der Waals surface area (Å²) in [6.07, 6.45) is 0.115. The van der Waals surface area contributed by atoms with Crippen LogP contribution >= 0.6 is 23.6 Å².